The fourth-order valence-corrected chi connectivity index (χ4v) is 7.30. The molecule has 0 saturated heterocycles. The van der Waals surface area contributed by atoms with Crippen LogP contribution < -0.4 is 5.32 Å². The smallest absolute Gasteiger partial charge is 0.306 e. The average Bonchev–Trinajstić information content (AvgIpc) is 3.23. The molecule has 0 fully saturated rings. The fraction of sp³-hybridized carbons (Fsp3) is 0.774. The van der Waals surface area contributed by atoms with Crippen LogP contribution in [0, 0.1) is 0 Å². The summed E-state index contributed by atoms with van der Waals surface area (Å²) in [5.41, 5.74) is 0. The van der Waals surface area contributed by atoms with E-state index in [1.165, 1.54) is 116 Å². The zero-order valence-electron chi connectivity index (χ0n) is 38.9. The van der Waals surface area contributed by atoms with E-state index in [1.807, 2.05) is 0 Å². The number of unbranched alkanes of at least 4 members (excludes halogenated alkanes) is 25. The van der Waals surface area contributed by atoms with Crippen molar-refractivity contribution in [3.8, 4) is 0 Å². The summed E-state index contributed by atoms with van der Waals surface area (Å²) >= 11 is 0. The third-order valence-corrected chi connectivity index (χ3v) is 11.2. The Hall–Kier alpha value is -2.44. The maximum absolute atomic E-state index is 13.2. The van der Waals surface area contributed by atoms with E-state index >= 15 is 0 Å². The highest BCUT2D eigenvalue weighted by Gasteiger charge is 2.24. The van der Waals surface area contributed by atoms with Crippen molar-refractivity contribution in [2.45, 2.75) is 257 Å². The number of nitrogens with one attached hydrogen (secondary N) is 1. The van der Waals surface area contributed by atoms with Gasteiger partial charge in [0.2, 0.25) is 5.91 Å². The number of allylic oxidation sites excluding steroid dienone is 10. The van der Waals surface area contributed by atoms with E-state index in [4.69, 9.17) is 4.74 Å². The van der Waals surface area contributed by atoms with Crippen LogP contribution in [-0.2, 0) is 14.3 Å². The number of hydrogen-bond acceptors (Lipinski definition) is 5. The summed E-state index contributed by atoms with van der Waals surface area (Å²) in [6.07, 6.45) is 57.0. The molecule has 0 aliphatic heterocycles. The molecule has 6 heteroatoms. The molecule has 0 saturated carbocycles. The Kier molecular flexibility index (Phi) is 44.7. The topological polar surface area (TPSA) is 95.9 Å². The minimum Gasteiger partial charge on any atom is -0.462 e. The van der Waals surface area contributed by atoms with E-state index in [2.05, 4.69) is 86.8 Å². The Bertz CT molecular complexity index is 1060. The molecule has 0 heterocycles. The normalized spacial score (nSPS) is 13.8. The Morgan fingerprint density at radius 2 is 0.864 bits per heavy atom. The Morgan fingerprint density at radius 1 is 0.492 bits per heavy atom. The molecular formula is C53H95NO5. The van der Waals surface area contributed by atoms with Crippen LogP contribution in [0.2, 0.25) is 0 Å². The maximum Gasteiger partial charge on any atom is 0.306 e. The number of hydrogen-bond donors (Lipinski definition) is 3. The zero-order chi connectivity index (χ0) is 43.1. The van der Waals surface area contributed by atoms with Gasteiger partial charge in [-0.3, -0.25) is 9.59 Å². The molecule has 0 rings (SSSR count). The number of aliphatic hydroxyl groups excluding tert-OH is 2. The first-order valence-electron chi connectivity index (χ1n) is 25.1. The lowest BCUT2D eigenvalue weighted by Gasteiger charge is -2.24. The summed E-state index contributed by atoms with van der Waals surface area (Å²) in [5, 5.41) is 23.6. The number of carbonyl (C=O) groups is 2. The van der Waals surface area contributed by atoms with E-state index in [1.54, 1.807) is 0 Å². The molecule has 59 heavy (non-hydrogen) atoms. The van der Waals surface area contributed by atoms with Gasteiger partial charge in [-0.15, -0.1) is 0 Å². The zero-order valence-corrected chi connectivity index (χ0v) is 38.9. The minimum atomic E-state index is -0.799. The van der Waals surface area contributed by atoms with Crippen molar-refractivity contribution < 1.29 is 24.5 Å². The van der Waals surface area contributed by atoms with Crippen LogP contribution in [0.1, 0.15) is 239 Å². The van der Waals surface area contributed by atoms with Gasteiger partial charge < -0.3 is 20.3 Å². The largest absolute Gasteiger partial charge is 0.462 e. The Morgan fingerprint density at radius 3 is 1.36 bits per heavy atom. The summed E-state index contributed by atoms with van der Waals surface area (Å²) < 4.78 is 5.91. The van der Waals surface area contributed by atoms with Crippen LogP contribution in [0.4, 0.5) is 0 Å². The summed E-state index contributed by atoms with van der Waals surface area (Å²) in [4.78, 5) is 26.1. The Labute approximate surface area is 365 Å². The van der Waals surface area contributed by atoms with Crippen LogP contribution >= 0.6 is 0 Å². The predicted octanol–water partition coefficient (Wildman–Crippen LogP) is 14.8. The molecule has 3 N–H and O–H groups in total. The minimum absolute atomic E-state index is 0.0487. The molecule has 0 aromatic rings. The lowest BCUT2D eigenvalue weighted by atomic mass is 10.0. The van der Waals surface area contributed by atoms with Crippen molar-refractivity contribution in [3.63, 3.8) is 0 Å². The van der Waals surface area contributed by atoms with Gasteiger partial charge in [0.25, 0.3) is 0 Å². The molecule has 342 valence electrons. The second-order valence-electron chi connectivity index (χ2n) is 17.0. The van der Waals surface area contributed by atoms with Crippen LogP contribution in [0.3, 0.4) is 0 Å². The second kappa shape index (κ2) is 46.6. The van der Waals surface area contributed by atoms with E-state index in [9.17, 15) is 19.8 Å². The van der Waals surface area contributed by atoms with Gasteiger partial charge in [0.05, 0.1) is 25.2 Å². The summed E-state index contributed by atoms with van der Waals surface area (Å²) in [6.45, 7) is 6.40. The van der Waals surface area contributed by atoms with Crippen LogP contribution in [-0.4, -0.2) is 46.9 Å². The quantitative estimate of drug-likeness (QED) is 0.0323. The van der Waals surface area contributed by atoms with Gasteiger partial charge in [0.15, 0.2) is 0 Å². The number of esters is 1. The highest BCUT2D eigenvalue weighted by molar-refractivity contribution is 5.77. The second-order valence-corrected chi connectivity index (χ2v) is 17.0. The molecule has 6 nitrogen and oxygen atoms in total. The van der Waals surface area contributed by atoms with Gasteiger partial charge in [-0.1, -0.05) is 210 Å². The standard InChI is InChI=1S/C53H95NO5/c1-4-7-10-13-16-19-21-23-25-27-28-30-33-35-38-41-44-49(47-52(57)54-50(48-55)51(56)45-42-39-36-32-18-15-12-9-6-3)59-53(58)46-43-40-37-34-31-29-26-24-22-20-17-14-11-8-5-2/h17,20-25,27-28,30,49-51,55-56H,4-16,18-19,26,29,31-48H2,1-3H3,(H,54,57)/b20-17+,23-21+,24-22+,27-25+,30-28+. The van der Waals surface area contributed by atoms with Crippen molar-refractivity contribution in [1.82, 2.24) is 5.32 Å². The highest BCUT2D eigenvalue weighted by atomic mass is 16.5. The molecule has 0 spiro atoms. The summed E-state index contributed by atoms with van der Waals surface area (Å²) in [5.74, 6) is -0.522. The number of carbonyl (C=O) groups excluding carboxylic acids is 2. The maximum atomic E-state index is 13.2. The first kappa shape index (κ1) is 56.6. The highest BCUT2D eigenvalue weighted by Crippen LogP contribution is 2.17. The van der Waals surface area contributed by atoms with Crippen molar-refractivity contribution in [2.75, 3.05) is 6.61 Å². The summed E-state index contributed by atoms with van der Waals surface area (Å²) in [7, 11) is 0. The van der Waals surface area contributed by atoms with Crippen LogP contribution in [0.25, 0.3) is 0 Å². The SMILES string of the molecule is CCCCC/C=C/C=C/CCCCCCCCC(=O)OC(CCCCC/C=C/C=C/C=C/CCCCCCC)CC(=O)NC(CO)C(O)CCCCCCCCCCC. The number of amides is 1. The number of aliphatic hydroxyl groups is 2. The molecule has 0 aromatic heterocycles. The molecule has 0 aliphatic carbocycles. The lowest BCUT2D eigenvalue weighted by Crippen LogP contribution is -2.46. The van der Waals surface area contributed by atoms with Gasteiger partial charge in [0, 0.05) is 6.42 Å². The van der Waals surface area contributed by atoms with Gasteiger partial charge in [-0.05, 0) is 77.0 Å². The van der Waals surface area contributed by atoms with E-state index in [0.717, 1.165) is 77.0 Å². The lowest BCUT2D eigenvalue weighted by molar-refractivity contribution is -0.151. The van der Waals surface area contributed by atoms with Crippen LogP contribution in [0.5, 0.6) is 0 Å². The average molecular weight is 826 g/mol. The van der Waals surface area contributed by atoms with Crippen molar-refractivity contribution in [1.29, 1.82) is 0 Å². The first-order chi connectivity index (χ1) is 29.0. The van der Waals surface area contributed by atoms with Gasteiger partial charge >= 0.3 is 5.97 Å². The molecule has 0 radical (unpaired) electrons. The molecule has 3 atom stereocenters. The van der Waals surface area contributed by atoms with Gasteiger partial charge in [-0.25, -0.2) is 0 Å². The van der Waals surface area contributed by atoms with Crippen molar-refractivity contribution in [3.05, 3.63) is 60.8 Å². The van der Waals surface area contributed by atoms with E-state index in [0.29, 0.717) is 19.3 Å². The van der Waals surface area contributed by atoms with Crippen LogP contribution in [0.15, 0.2) is 60.8 Å². The van der Waals surface area contributed by atoms with Gasteiger partial charge in [-0.2, -0.15) is 0 Å². The Balaban J connectivity index is 4.69. The fourth-order valence-electron chi connectivity index (χ4n) is 7.30. The van der Waals surface area contributed by atoms with E-state index in [-0.39, 0.29) is 24.9 Å². The third kappa shape index (κ3) is 42.1. The molecular weight excluding hydrogens is 731 g/mol. The molecule has 3 unspecified atom stereocenters. The molecule has 0 bridgehead atoms. The monoisotopic (exact) mass is 826 g/mol. The number of ether oxygens (including phenoxy) is 1. The van der Waals surface area contributed by atoms with Crippen molar-refractivity contribution in [2.24, 2.45) is 0 Å². The van der Waals surface area contributed by atoms with Crippen molar-refractivity contribution >= 4 is 11.9 Å². The molecule has 0 aromatic carbocycles. The molecule has 1 amide bonds. The predicted molar refractivity (Wildman–Crippen MR) is 255 cm³/mol. The van der Waals surface area contributed by atoms with Gasteiger partial charge in [0.1, 0.15) is 6.10 Å². The molecule has 0 aliphatic rings. The third-order valence-electron chi connectivity index (χ3n) is 11.2. The summed E-state index contributed by atoms with van der Waals surface area (Å²) in [6, 6.07) is -0.715. The van der Waals surface area contributed by atoms with E-state index < -0.39 is 18.2 Å². The number of rotatable bonds is 44. The first-order valence-corrected chi connectivity index (χ1v) is 25.1.